The van der Waals surface area contributed by atoms with Crippen LogP contribution in [-0.2, 0) is 90.2 Å². The van der Waals surface area contributed by atoms with E-state index in [0.717, 1.165) is 19.3 Å². The second-order valence-electron chi connectivity index (χ2n) is 21.7. The lowest BCUT2D eigenvalue weighted by Gasteiger charge is -2.40. The van der Waals surface area contributed by atoms with E-state index in [9.17, 15) is 65.1 Å². The monoisotopic (exact) mass is 1330 g/mol. The molecule has 15 atom stereocenters. The molecule has 3 fully saturated rings. The number of aliphatic hydroxyl groups is 9. The Morgan fingerprint density at radius 3 is 0.967 bits per heavy atom. The molecule has 35 nitrogen and oxygen atoms in total. The van der Waals surface area contributed by atoms with Gasteiger partial charge in [0.05, 0.1) is 177 Å². The summed E-state index contributed by atoms with van der Waals surface area (Å²) in [5, 5.41) is 99.5. The number of aliphatic hydroxyl groups excluding tert-OH is 9. The number of carbonyl (C=O) groups is 4. The summed E-state index contributed by atoms with van der Waals surface area (Å²) in [6.45, 7) is 2.66. The quantitative estimate of drug-likeness (QED) is 0.0252. The maximum atomic E-state index is 13.5. The molecule has 35 heteroatoms. The van der Waals surface area contributed by atoms with E-state index >= 15 is 0 Å². The number of amides is 4. The van der Waals surface area contributed by atoms with Gasteiger partial charge in [0.2, 0.25) is 23.6 Å². The van der Waals surface area contributed by atoms with Crippen molar-refractivity contribution in [2.45, 2.75) is 156 Å². The molecule has 0 aromatic carbocycles. The Labute approximate surface area is 531 Å². The summed E-state index contributed by atoms with van der Waals surface area (Å²) in [4.78, 5) is 51.9. The van der Waals surface area contributed by atoms with Gasteiger partial charge in [0.25, 0.3) is 0 Å². The van der Waals surface area contributed by atoms with Crippen LogP contribution in [0.5, 0.6) is 0 Å². The van der Waals surface area contributed by atoms with E-state index in [0.29, 0.717) is 6.42 Å². The molecule has 534 valence electrons. The van der Waals surface area contributed by atoms with Crippen molar-refractivity contribution in [2.75, 3.05) is 178 Å². The van der Waals surface area contributed by atoms with Gasteiger partial charge in [0.1, 0.15) is 60.5 Å². The van der Waals surface area contributed by atoms with Crippen LogP contribution in [0.2, 0.25) is 0 Å². The van der Waals surface area contributed by atoms with E-state index < -0.39 is 117 Å². The number of hydrogen-bond acceptors (Lipinski definition) is 31. The summed E-state index contributed by atoms with van der Waals surface area (Å²) in [7, 11) is 0. The number of ether oxygens (including phenoxy) is 15. The summed E-state index contributed by atoms with van der Waals surface area (Å²) in [6.07, 6.45) is -10.9. The van der Waals surface area contributed by atoms with Gasteiger partial charge in [-0.15, -0.1) is 0 Å². The van der Waals surface area contributed by atoms with E-state index in [-0.39, 0.29) is 208 Å². The zero-order valence-electron chi connectivity index (χ0n) is 52.4. The molecule has 3 rings (SSSR count). The van der Waals surface area contributed by atoms with Crippen LogP contribution in [0.1, 0.15) is 58.3 Å². The van der Waals surface area contributed by atoms with Crippen LogP contribution in [-0.4, -0.2) is 345 Å². The Balaban J connectivity index is 1.42. The normalized spacial score (nSPS) is 27.5. The first-order valence-electron chi connectivity index (χ1n) is 31.2. The van der Waals surface area contributed by atoms with Gasteiger partial charge in [0, 0.05) is 45.3 Å². The molecule has 0 aliphatic carbocycles. The molecule has 0 spiro atoms. The van der Waals surface area contributed by atoms with Crippen LogP contribution >= 0.6 is 0 Å². The Bertz CT molecular complexity index is 1710. The highest BCUT2D eigenvalue weighted by molar-refractivity contribution is 5.77. The fourth-order valence-corrected chi connectivity index (χ4v) is 9.05. The molecule has 0 bridgehead atoms. The van der Waals surface area contributed by atoms with E-state index in [1.807, 2.05) is 0 Å². The Morgan fingerprint density at radius 2 is 0.670 bits per heavy atom. The van der Waals surface area contributed by atoms with Gasteiger partial charge in [-0.1, -0.05) is 26.2 Å². The average molecular weight is 1330 g/mol. The fourth-order valence-electron chi connectivity index (χ4n) is 9.05. The predicted octanol–water partition coefficient (Wildman–Crippen LogP) is -8.17. The SMILES string of the molecule is CCCCCCC(=O)NC(COCCC(=O)NCCOCCOCCOC1OC(CO)C(O)C(O)C1N)(COCCC(=O)NCCOCCOCCOC1OC(CO)C(O)C(O)C1N)COCCC(=O)NCCOCCOCCOC1OC(CO)C(O)C(O)C1N. The van der Waals surface area contributed by atoms with Gasteiger partial charge < -0.3 is 155 Å². The second-order valence-corrected chi connectivity index (χ2v) is 21.7. The van der Waals surface area contributed by atoms with Crippen molar-refractivity contribution in [2.24, 2.45) is 17.2 Å². The maximum absolute atomic E-state index is 13.5. The van der Waals surface area contributed by atoms with E-state index in [1.165, 1.54) is 0 Å². The fraction of sp³-hybridized carbons (Fsp3) is 0.929. The van der Waals surface area contributed by atoms with E-state index in [4.69, 9.17) is 88.3 Å². The summed E-state index contributed by atoms with van der Waals surface area (Å²) in [5.41, 5.74) is 16.3. The zero-order chi connectivity index (χ0) is 66.7. The highest BCUT2D eigenvalue weighted by Crippen LogP contribution is 2.23. The smallest absolute Gasteiger partial charge is 0.222 e. The third-order valence-corrected chi connectivity index (χ3v) is 14.4. The molecule has 15 unspecified atom stereocenters. The Morgan fingerprint density at radius 1 is 0.374 bits per heavy atom. The topological polar surface area (TPSA) is 515 Å². The molecule has 0 radical (unpaired) electrons. The number of nitrogens with two attached hydrogens (primary N) is 3. The van der Waals surface area contributed by atoms with Crippen LogP contribution < -0.4 is 38.5 Å². The van der Waals surface area contributed by atoms with Crippen LogP contribution in [0, 0.1) is 0 Å². The van der Waals surface area contributed by atoms with Gasteiger partial charge in [-0.25, -0.2) is 0 Å². The Kier molecular flexibility index (Phi) is 44.5. The molecular weight excluding hydrogens is 1220 g/mol. The lowest BCUT2D eigenvalue weighted by Crippen LogP contribution is -2.62. The first kappa shape index (κ1) is 82.0. The standard InChI is InChI=1S/C56H107N7O28/c1-2-3-4-5-6-43(70)63-56(34-83-13-7-40(67)60-10-16-77-19-22-80-25-28-86-53-44(57)50(74)47(71)37(31-64)89-53,35-84-14-8-41(68)61-11-17-78-20-23-81-26-29-87-54-45(58)51(75)48(72)38(32-65)90-54)36-85-15-9-42(69)62-12-18-79-21-24-82-27-30-88-55-46(59)52(76)49(73)39(33-66)91-55/h37-39,44-55,64-66,71-76H,2-36,57-59H2,1H3,(H,60,67)(H,61,68)(H,62,69)(H,63,70). The van der Waals surface area contributed by atoms with Crippen LogP contribution in [0.15, 0.2) is 0 Å². The Hall–Kier alpha value is -3.20. The first-order valence-corrected chi connectivity index (χ1v) is 31.2. The molecular formula is C56H107N7O28. The molecule has 3 heterocycles. The van der Waals surface area contributed by atoms with Crippen molar-refractivity contribution in [1.82, 2.24) is 21.3 Å². The van der Waals surface area contributed by atoms with Gasteiger partial charge in [-0.2, -0.15) is 0 Å². The van der Waals surface area contributed by atoms with Crippen LogP contribution in [0.4, 0.5) is 0 Å². The molecule has 4 amide bonds. The molecule has 3 aliphatic rings. The number of unbranched alkanes of at least 4 members (excludes halogenated alkanes) is 3. The van der Waals surface area contributed by atoms with Gasteiger partial charge in [-0.3, -0.25) is 19.2 Å². The highest BCUT2D eigenvalue weighted by Gasteiger charge is 2.45. The second kappa shape index (κ2) is 49.3. The molecule has 3 aliphatic heterocycles. The number of hydrogen-bond donors (Lipinski definition) is 16. The number of carbonyl (C=O) groups excluding carboxylic acids is 4. The van der Waals surface area contributed by atoms with Crippen molar-refractivity contribution in [3.63, 3.8) is 0 Å². The van der Waals surface area contributed by atoms with Gasteiger partial charge in [-0.05, 0) is 6.42 Å². The van der Waals surface area contributed by atoms with E-state index in [1.54, 1.807) is 0 Å². The maximum Gasteiger partial charge on any atom is 0.222 e. The molecule has 0 aromatic heterocycles. The summed E-state index contributed by atoms with van der Waals surface area (Å²) < 4.78 is 83.9. The third kappa shape index (κ3) is 33.4. The molecule has 0 aromatic rings. The molecule has 19 N–H and O–H groups in total. The summed E-state index contributed by atoms with van der Waals surface area (Å²) in [5.74, 6) is -1.31. The van der Waals surface area contributed by atoms with Crippen LogP contribution in [0.25, 0.3) is 0 Å². The largest absolute Gasteiger partial charge is 0.394 e. The van der Waals surface area contributed by atoms with Crippen molar-refractivity contribution >= 4 is 23.6 Å². The lowest BCUT2D eigenvalue weighted by molar-refractivity contribution is -0.267. The number of nitrogens with one attached hydrogen (secondary N) is 4. The van der Waals surface area contributed by atoms with E-state index in [2.05, 4.69) is 28.2 Å². The summed E-state index contributed by atoms with van der Waals surface area (Å²) >= 11 is 0. The summed E-state index contributed by atoms with van der Waals surface area (Å²) in [6, 6.07) is -3.08. The minimum absolute atomic E-state index is 0.0519. The molecule has 0 saturated carbocycles. The average Bonchev–Trinajstić information content (AvgIpc) is 1.26. The van der Waals surface area contributed by atoms with Gasteiger partial charge >= 0.3 is 0 Å². The lowest BCUT2D eigenvalue weighted by atomic mass is 9.98. The zero-order valence-corrected chi connectivity index (χ0v) is 52.4. The van der Waals surface area contributed by atoms with Crippen molar-refractivity contribution in [3.05, 3.63) is 0 Å². The van der Waals surface area contributed by atoms with Crippen LogP contribution in [0.3, 0.4) is 0 Å². The minimum atomic E-state index is -1.35. The predicted molar refractivity (Wildman–Crippen MR) is 315 cm³/mol. The molecule has 3 saturated heterocycles. The number of rotatable bonds is 54. The third-order valence-electron chi connectivity index (χ3n) is 14.4. The highest BCUT2D eigenvalue weighted by atomic mass is 16.7. The minimum Gasteiger partial charge on any atom is -0.394 e. The molecule has 91 heavy (non-hydrogen) atoms. The van der Waals surface area contributed by atoms with Crippen molar-refractivity contribution in [1.29, 1.82) is 0 Å². The van der Waals surface area contributed by atoms with Gasteiger partial charge in [0.15, 0.2) is 18.9 Å². The van der Waals surface area contributed by atoms with Crippen molar-refractivity contribution in [3.8, 4) is 0 Å². The van der Waals surface area contributed by atoms with Crippen molar-refractivity contribution < 1.29 is 136 Å². The first-order chi connectivity index (χ1) is 43.9.